The molecule has 0 aromatic rings. The standard InChI is InChI=1S/C7H10S/c1-3-5-7-8-6-4-2/h2-3H,1,5-7H2. The fourth-order valence-corrected chi connectivity index (χ4v) is 0.893. The molecule has 8 heavy (non-hydrogen) atoms. The van der Waals surface area contributed by atoms with Crippen molar-refractivity contribution in [3.8, 4) is 12.3 Å². The highest BCUT2D eigenvalue weighted by molar-refractivity contribution is 7.99. The monoisotopic (exact) mass is 126 g/mol. The Kier molecular flexibility index (Phi) is 6.36. The number of terminal acetylenes is 1. The van der Waals surface area contributed by atoms with E-state index in [9.17, 15) is 0 Å². The van der Waals surface area contributed by atoms with Crippen LogP contribution >= 0.6 is 11.8 Å². The Balaban J connectivity index is 2.74. The summed E-state index contributed by atoms with van der Waals surface area (Å²) in [7, 11) is 0. The molecule has 0 spiro atoms. The number of hydrogen-bond acceptors (Lipinski definition) is 1. The molecule has 0 aliphatic carbocycles. The Bertz CT molecular complexity index is 89.1. The molecule has 0 unspecified atom stereocenters. The highest BCUT2D eigenvalue weighted by Crippen LogP contribution is 1.99. The maximum atomic E-state index is 5.01. The van der Waals surface area contributed by atoms with Crippen LogP contribution < -0.4 is 0 Å². The molecule has 0 saturated heterocycles. The lowest BCUT2D eigenvalue weighted by molar-refractivity contribution is 1.25. The van der Waals surface area contributed by atoms with Crippen LogP contribution in [0.3, 0.4) is 0 Å². The van der Waals surface area contributed by atoms with Crippen molar-refractivity contribution < 1.29 is 0 Å². The summed E-state index contributed by atoms with van der Waals surface area (Å²) in [6.45, 7) is 3.59. The molecule has 0 nitrogen and oxygen atoms in total. The Morgan fingerprint density at radius 1 is 1.75 bits per heavy atom. The third-order valence-corrected chi connectivity index (χ3v) is 1.55. The van der Waals surface area contributed by atoms with Crippen molar-refractivity contribution in [2.24, 2.45) is 0 Å². The second kappa shape index (κ2) is 6.65. The molecule has 0 amide bonds. The number of thioether (sulfide) groups is 1. The molecule has 0 atom stereocenters. The summed E-state index contributed by atoms with van der Waals surface area (Å²) in [5.41, 5.74) is 0. The normalized spacial score (nSPS) is 7.88. The lowest BCUT2D eigenvalue weighted by Crippen LogP contribution is -1.75. The van der Waals surface area contributed by atoms with Crippen molar-refractivity contribution in [2.45, 2.75) is 6.42 Å². The van der Waals surface area contributed by atoms with Gasteiger partial charge in [-0.15, -0.1) is 24.8 Å². The van der Waals surface area contributed by atoms with E-state index < -0.39 is 0 Å². The summed E-state index contributed by atoms with van der Waals surface area (Å²) in [6.07, 6.45) is 7.98. The van der Waals surface area contributed by atoms with E-state index >= 15 is 0 Å². The lowest BCUT2D eigenvalue weighted by Gasteiger charge is -1.88. The maximum absolute atomic E-state index is 5.01. The molecule has 0 rings (SSSR count). The smallest absolute Gasteiger partial charge is 0.0544 e. The fraction of sp³-hybridized carbons (Fsp3) is 0.429. The quantitative estimate of drug-likeness (QED) is 0.315. The van der Waals surface area contributed by atoms with Crippen molar-refractivity contribution in [1.82, 2.24) is 0 Å². The second-order valence-corrected chi connectivity index (χ2v) is 2.44. The molecule has 0 heterocycles. The van der Waals surface area contributed by atoms with E-state index in [0.29, 0.717) is 0 Å². The van der Waals surface area contributed by atoms with E-state index in [-0.39, 0.29) is 0 Å². The van der Waals surface area contributed by atoms with Gasteiger partial charge in [-0.05, 0) is 12.2 Å². The van der Waals surface area contributed by atoms with Crippen LogP contribution in [0.15, 0.2) is 12.7 Å². The van der Waals surface area contributed by atoms with Gasteiger partial charge in [-0.25, -0.2) is 0 Å². The minimum Gasteiger partial charge on any atom is -0.149 e. The van der Waals surface area contributed by atoms with E-state index in [1.807, 2.05) is 6.08 Å². The molecule has 0 aliphatic rings. The van der Waals surface area contributed by atoms with Crippen LogP contribution in [0, 0.1) is 12.3 Å². The first-order valence-electron chi connectivity index (χ1n) is 2.54. The first kappa shape index (κ1) is 7.65. The average Bonchev–Trinajstić information content (AvgIpc) is 1.81. The van der Waals surface area contributed by atoms with Gasteiger partial charge in [0, 0.05) is 0 Å². The van der Waals surface area contributed by atoms with Gasteiger partial charge in [0.2, 0.25) is 0 Å². The SMILES string of the molecule is C#CCSCCC=C. The Morgan fingerprint density at radius 2 is 2.50 bits per heavy atom. The summed E-state index contributed by atoms with van der Waals surface area (Å²) < 4.78 is 0. The van der Waals surface area contributed by atoms with Crippen molar-refractivity contribution in [2.75, 3.05) is 11.5 Å². The summed E-state index contributed by atoms with van der Waals surface area (Å²) in [5, 5.41) is 0. The molecule has 0 bridgehead atoms. The van der Waals surface area contributed by atoms with E-state index in [1.165, 1.54) is 0 Å². The van der Waals surface area contributed by atoms with Gasteiger partial charge in [0.25, 0.3) is 0 Å². The Hall–Kier alpha value is -0.350. The second-order valence-electron chi connectivity index (χ2n) is 1.33. The minimum atomic E-state index is 0.827. The van der Waals surface area contributed by atoms with Crippen molar-refractivity contribution in [3.05, 3.63) is 12.7 Å². The molecule has 1 heteroatoms. The van der Waals surface area contributed by atoms with Crippen LogP contribution in [0.2, 0.25) is 0 Å². The van der Waals surface area contributed by atoms with Crippen molar-refractivity contribution in [3.63, 3.8) is 0 Å². The van der Waals surface area contributed by atoms with E-state index in [1.54, 1.807) is 11.8 Å². The van der Waals surface area contributed by atoms with E-state index in [2.05, 4.69) is 12.5 Å². The number of rotatable bonds is 4. The van der Waals surface area contributed by atoms with Gasteiger partial charge in [0.05, 0.1) is 5.75 Å². The first-order valence-corrected chi connectivity index (χ1v) is 3.69. The Labute approximate surface area is 55.4 Å². The lowest BCUT2D eigenvalue weighted by atomic mass is 10.5. The summed E-state index contributed by atoms with van der Waals surface area (Å²) in [6, 6.07) is 0. The number of hydrogen-bond donors (Lipinski definition) is 0. The van der Waals surface area contributed by atoms with Gasteiger partial charge in [0.15, 0.2) is 0 Å². The van der Waals surface area contributed by atoms with E-state index in [4.69, 9.17) is 6.42 Å². The Morgan fingerprint density at radius 3 is 3.00 bits per heavy atom. The van der Waals surface area contributed by atoms with Crippen LogP contribution in [0.1, 0.15) is 6.42 Å². The zero-order chi connectivity index (χ0) is 6.24. The highest BCUT2D eigenvalue weighted by atomic mass is 32.2. The van der Waals surface area contributed by atoms with Crippen LogP contribution in [0.5, 0.6) is 0 Å². The molecule has 0 saturated carbocycles. The van der Waals surface area contributed by atoms with Gasteiger partial charge >= 0.3 is 0 Å². The number of allylic oxidation sites excluding steroid dienone is 1. The molecular formula is C7H10S. The predicted octanol–water partition coefficient (Wildman–Crippen LogP) is 1.93. The molecule has 44 valence electrons. The molecular weight excluding hydrogens is 116 g/mol. The third kappa shape index (κ3) is 5.65. The van der Waals surface area contributed by atoms with Gasteiger partial charge in [-0.1, -0.05) is 12.0 Å². The molecule has 0 radical (unpaired) electrons. The zero-order valence-electron chi connectivity index (χ0n) is 4.89. The predicted molar refractivity (Wildman–Crippen MR) is 41.0 cm³/mol. The van der Waals surface area contributed by atoms with Crippen LogP contribution in [0.4, 0.5) is 0 Å². The largest absolute Gasteiger partial charge is 0.149 e. The molecule has 0 aromatic heterocycles. The minimum absolute atomic E-state index is 0.827. The zero-order valence-corrected chi connectivity index (χ0v) is 5.71. The molecule has 0 N–H and O–H groups in total. The van der Waals surface area contributed by atoms with Crippen LogP contribution in [0.25, 0.3) is 0 Å². The first-order chi connectivity index (χ1) is 3.91. The average molecular weight is 126 g/mol. The molecule has 0 aromatic carbocycles. The van der Waals surface area contributed by atoms with Crippen LogP contribution in [-0.4, -0.2) is 11.5 Å². The molecule has 0 fully saturated rings. The maximum Gasteiger partial charge on any atom is 0.0544 e. The topological polar surface area (TPSA) is 0 Å². The summed E-state index contributed by atoms with van der Waals surface area (Å²) in [4.78, 5) is 0. The van der Waals surface area contributed by atoms with E-state index in [0.717, 1.165) is 17.9 Å². The van der Waals surface area contributed by atoms with Crippen molar-refractivity contribution in [1.29, 1.82) is 0 Å². The highest BCUT2D eigenvalue weighted by Gasteiger charge is 1.79. The van der Waals surface area contributed by atoms with Gasteiger partial charge in [0.1, 0.15) is 0 Å². The molecule has 0 aliphatic heterocycles. The summed E-state index contributed by atoms with van der Waals surface area (Å²) in [5.74, 6) is 4.49. The fourth-order valence-electron chi connectivity index (χ4n) is 0.298. The van der Waals surface area contributed by atoms with Gasteiger partial charge < -0.3 is 0 Å². The summed E-state index contributed by atoms with van der Waals surface area (Å²) >= 11 is 1.77. The van der Waals surface area contributed by atoms with Gasteiger partial charge in [-0.3, -0.25) is 0 Å². The van der Waals surface area contributed by atoms with Crippen molar-refractivity contribution >= 4 is 11.8 Å². The third-order valence-electron chi connectivity index (χ3n) is 0.652. The van der Waals surface area contributed by atoms with Crippen LogP contribution in [-0.2, 0) is 0 Å². The van der Waals surface area contributed by atoms with Gasteiger partial charge in [-0.2, -0.15) is 0 Å².